The van der Waals surface area contributed by atoms with Crippen LogP contribution in [0.2, 0.25) is 5.02 Å². The average molecular weight is 350 g/mol. The Morgan fingerprint density at radius 2 is 1.75 bits per heavy atom. The minimum atomic E-state index is 0.203. The van der Waals surface area contributed by atoms with Crippen molar-refractivity contribution >= 4 is 11.6 Å². The molecule has 2 N–H and O–H groups in total. The molecular weight excluding hydrogens is 326 g/mol. The molecule has 0 saturated carbocycles. The van der Waals surface area contributed by atoms with E-state index in [0.29, 0.717) is 18.2 Å². The lowest BCUT2D eigenvalue weighted by Crippen LogP contribution is -2.15. The lowest BCUT2D eigenvalue weighted by atomic mass is 10.2. The molecule has 0 aliphatic heterocycles. The number of hydrogen-bond acceptors (Lipinski definition) is 4. The van der Waals surface area contributed by atoms with Crippen LogP contribution in [0.1, 0.15) is 24.5 Å². The molecule has 0 aromatic heterocycles. The third-order valence-corrected chi connectivity index (χ3v) is 3.71. The van der Waals surface area contributed by atoms with Gasteiger partial charge in [0, 0.05) is 18.2 Å². The largest absolute Gasteiger partial charge is 0.490 e. The highest BCUT2D eigenvalue weighted by Gasteiger charge is 2.07. The van der Waals surface area contributed by atoms with E-state index in [1.54, 1.807) is 0 Å². The van der Waals surface area contributed by atoms with Gasteiger partial charge in [0.2, 0.25) is 0 Å². The van der Waals surface area contributed by atoms with Gasteiger partial charge >= 0.3 is 0 Å². The number of aliphatic hydroxyl groups is 1. The summed E-state index contributed by atoms with van der Waals surface area (Å²) in [6, 6.07) is 13.5. The highest BCUT2D eigenvalue weighted by molar-refractivity contribution is 6.30. The second-order valence-corrected chi connectivity index (χ2v) is 5.82. The van der Waals surface area contributed by atoms with Crippen LogP contribution in [0.15, 0.2) is 42.5 Å². The highest BCUT2D eigenvalue weighted by atomic mass is 35.5. The molecule has 0 fully saturated rings. The van der Waals surface area contributed by atoms with Crippen LogP contribution in [-0.4, -0.2) is 24.9 Å². The molecule has 0 unspecified atom stereocenters. The minimum Gasteiger partial charge on any atom is -0.490 e. The van der Waals surface area contributed by atoms with E-state index in [1.165, 1.54) is 0 Å². The summed E-state index contributed by atoms with van der Waals surface area (Å²) >= 11 is 5.89. The van der Waals surface area contributed by atoms with Crippen molar-refractivity contribution in [2.45, 2.75) is 26.5 Å². The molecular formula is C19H24ClNO3. The molecule has 4 nitrogen and oxygen atoms in total. The summed E-state index contributed by atoms with van der Waals surface area (Å²) in [6.45, 7) is 4.72. The molecule has 0 aliphatic rings. The van der Waals surface area contributed by atoms with Crippen molar-refractivity contribution in [3.05, 3.63) is 58.6 Å². The second-order valence-electron chi connectivity index (χ2n) is 5.38. The fourth-order valence-electron chi connectivity index (χ4n) is 2.23. The van der Waals surface area contributed by atoms with Crippen molar-refractivity contribution < 1.29 is 14.6 Å². The van der Waals surface area contributed by atoms with Gasteiger partial charge < -0.3 is 19.9 Å². The monoisotopic (exact) mass is 349 g/mol. The zero-order valence-electron chi connectivity index (χ0n) is 13.9. The summed E-state index contributed by atoms with van der Waals surface area (Å²) in [4.78, 5) is 0. The summed E-state index contributed by atoms with van der Waals surface area (Å²) in [5.74, 6) is 1.47. The molecule has 0 amide bonds. The number of benzene rings is 2. The molecule has 0 heterocycles. The molecule has 0 radical (unpaired) electrons. The van der Waals surface area contributed by atoms with Crippen LogP contribution < -0.4 is 14.8 Å². The van der Waals surface area contributed by atoms with E-state index in [-0.39, 0.29) is 6.61 Å². The number of nitrogens with one attached hydrogen (secondary N) is 1. The van der Waals surface area contributed by atoms with Gasteiger partial charge in [0.15, 0.2) is 11.5 Å². The number of aliphatic hydroxyl groups excluding tert-OH is 1. The SMILES string of the molecule is CCOc1cc(CNCCCO)ccc1OCc1ccc(Cl)cc1. The maximum Gasteiger partial charge on any atom is 0.161 e. The Labute approximate surface area is 148 Å². The van der Waals surface area contributed by atoms with Gasteiger partial charge in [-0.15, -0.1) is 0 Å². The molecule has 2 rings (SSSR count). The van der Waals surface area contributed by atoms with Crippen LogP contribution in [0.5, 0.6) is 11.5 Å². The summed E-state index contributed by atoms with van der Waals surface area (Å²) < 4.78 is 11.6. The smallest absolute Gasteiger partial charge is 0.161 e. The van der Waals surface area contributed by atoms with Gasteiger partial charge in [0.05, 0.1) is 6.61 Å². The lowest BCUT2D eigenvalue weighted by molar-refractivity contribution is 0.269. The van der Waals surface area contributed by atoms with Crippen molar-refractivity contribution in [2.24, 2.45) is 0 Å². The van der Waals surface area contributed by atoms with Crippen molar-refractivity contribution in [2.75, 3.05) is 19.8 Å². The van der Waals surface area contributed by atoms with Crippen LogP contribution in [0.25, 0.3) is 0 Å². The van der Waals surface area contributed by atoms with Crippen molar-refractivity contribution in [3.8, 4) is 11.5 Å². The molecule has 0 aliphatic carbocycles. The first-order chi connectivity index (χ1) is 11.7. The summed E-state index contributed by atoms with van der Waals surface area (Å²) in [5, 5.41) is 12.8. The van der Waals surface area contributed by atoms with Crippen LogP contribution in [-0.2, 0) is 13.2 Å². The molecule has 0 bridgehead atoms. The van der Waals surface area contributed by atoms with Gasteiger partial charge in [-0.1, -0.05) is 29.8 Å². The molecule has 2 aromatic carbocycles. The van der Waals surface area contributed by atoms with Crippen molar-refractivity contribution in [3.63, 3.8) is 0 Å². The van der Waals surface area contributed by atoms with E-state index in [9.17, 15) is 0 Å². The average Bonchev–Trinajstić information content (AvgIpc) is 2.60. The van der Waals surface area contributed by atoms with Gasteiger partial charge in [0.1, 0.15) is 6.61 Å². The van der Waals surface area contributed by atoms with E-state index >= 15 is 0 Å². The van der Waals surface area contributed by atoms with Crippen LogP contribution in [0.3, 0.4) is 0 Å². The first kappa shape index (κ1) is 18.6. The van der Waals surface area contributed by atoms with Crippen molar-refractivity contribution in [1.29, 1.82) is 0 Å². The summed E-state index contributed by atoms with van der Waals surface area (Å²) in [5.41, 5.74) is 2.17. The van der Waals surface area contributed by atoms with E-state index < -0.39 is 0 Å². The van der Waals surface area contributed by atoms with Crippen LogP contribution in [0.4, 0.5) is 0 Å². The van der Waals surface area contributed by atoms with E-state index in [2.05, 4.69) is 5.32 Å². The summed E-state index contributed by atoms with van der Waals surface area (Å²) in [7, 11) is 0. The third-order valence-electron chi connectivity index (χ3n) is 3.46. The molecule has 24 heavy (non-hydrogen) atoms. The fourth-order valence-corrected chi connectivity index (χ4v) is 2.35. The first-order valence-electron chi connectivity index (χ1n) is 8.17. The zero-order chi connectivity index (χ0) is 17.2. The Morgan fingerprint density at radius 1 is 1.00 bits per heavy atom. The molecule has 0 spiro atoms. The molecule has 0 saturated heterocycles. The van der Waals surface area contributed by atoms with Crippen molar-refractivity contribution in [1.82, 2.24) is 5.32 Å². The Hall–Kier alpha value is -1.75. The van der Waals surface area contributed by atoms with E-state index in [1.807, 2.05) is 49.4 Å². The first-order valence-corrected chi connectivity index (χ1v) is 8.55. The number of halogens is 1. The maximum atomic E-state index is 8.80. The van der Waals surface area contributed by atoms with Gasteiger partial charge in [-0.3, -0.25) is 0 Å². The third kappa shape index (κ3) is 6.04. The van der Waals surface area contributed by atoms with Gasteiger partial charge in [0.25, 0.3) is 0 Å². The predicted molar refractivity (Wildman–Crippen MR) is 96.8 cm³/mol. The normalized spacial score (nSPS) is 10.6. The van der Waals surface area contributed by atoms with Gasteiger partial charge in [-0.25, -0.2) is 0 Å². The highest BCUT2D eigenvalue weighted by Crippen LogP contribution is 2.29. The Kier molecular flexibility index (Phi) is 7.89. The lowest BCUT2D eigenvalue weighted by Gasteiger charge is -2.14. The van der Waals surface area contributed by atoms with E-state index in [4.69, 9.17) is 26.2 Å². The number of hydrogen-bond donors (Lipinski definition) is 2. The molecule has 0 atom stereocenters. The number of ether oxygens (including phenoxy) is 2. The topological polar surface area (TPSA) is 50.7 Å². The Balaban J connectivity index is 1.98. The Bertz CT molecular complexity index is 617. The predicted octanol–water partition coefficient (Wildman–Crippen LogP) is 3.79. The summed E-state index contributed by atoms with van der Waals surface area (Å²) in [6.07, 6.45) is 0.751. The number of rotatable bonds is 10. The molecule has 130 valence electrons. The molecule has 5 heteroatoms. The van der Waals surface area contributed by atoms with Gasteiger partial charge in [-0.2, -0.15) is 0 Å². The second kappa shape index (κ2) is 10.2. The van der Waals surface area contributed by atoms with Gasteiger partial charge in [-0.05, 0) is 55.3 Å². The minimum absolute atomic E-state index is 0.203. The standard InChI is InChI=1S/C19H24ClNO3/c1-2-23-19-12-16(13-21-10-3-11-22)6-9-18(19)24-14-15-4-7-17(20)8-5-15/h4-9,12,21-22H,2-3,10-11,13-14H2,1H3. The van der Waals surface area contributed by atoms with Crippen LogP contribution in [0, 0.1) is 0 Å². The maximum absolute atomic E-state index is 8.80. The zero-order valence-corrected chi connectivity index (χ0v) is 14.7. The van der Waals surface area contributed by atoms with Crippen LogP contribution >= 0.6 is 11.6 Å². The Morgan fingerprint density at radius 3 is 2.46 bits per heavy atom. The fraction of sp³-hybridized carbons (Fsp3) is 0.368. The molecule has 2 aromatic rings. The van der Waals surface area contributed by atoms with E-state index in [0.717, 1.165) is 42.1 Å². The quantitative estimate of drug-likeness (QED) is 0.641.